The molecule has 1 atom stereocenters. The Hall–Kier alpha value is -1.42. The van der Waals surface area contributed by atoms with Crippen LogP contribution in [0.15, 0.2) is 59.5 Å². The van der Waals surface area contributed by atoms with Gasteiger partial charge in [-0.25, -0.2) is 8.42 Å². The Kier molecular flexibility index (Phi) is 3.97. The van der Waals surface area contributed by atoms with E-state index in [1.54, 1.807) is 42.5 Å². The highest BCUT2D eigenvalue weighted by molar-refractivity contribution is 7.94. The Morgan fingerprint density at radius 2 is 1.61 bits per heavy atom. The highest BCUT2D eigenvalue weighted by Crippen LogP contribution is 2.19. The van der Waals surface area contributed by atoms with Crippen LogP contribution in [0.2, 0.25) is 0 Å². The van der Waals surface area contributed by atoms with Crippen molar-refractivity contribution in [3.05, 3.63) is 60.7 Å². The summed E-state index contributed by atoms with van der Waals surface area (Å²) in [7, 11) is -6.31. The summed E-state index contributed by atoms with van der Waals surface area (Å²) in [6.45, 7) is 0. The number of rotatable bonds is 4. The maximum absolute atomic E-state index is 11.9. The van der Waals surface area contributed by atoms with Gasteiger partial charge >= 0.3 is 0 Å². The van der Waals surface area contributed by atoms with E-state index in [2.05, 4.69) is 10.6 Å². The molecule has 0 heterocycles. The second-order valence-corrected chi connectivity index (χ2v) is 7.07. The zero-order valence-corrected chi connectivity index (χ0v) is 11.1. The van der Waals surface area contributed by atoms with Gasteiger partial charge in [0, 0.05) is 5.30 Å². The average Bonchev–Trinajstić information content (AvgIpc) is 2.40. The molecule has 0 aromatic heterocycles. The van der Waals surface area contributed by atoms with E-state index in [4.69, 9.17) is 0 Å². The molecule has 2 aromatic rings. The molecule has 0 fully saturated rings. The molecule has 1 radical (unpaired) electrons. The van der Waals surface area contributed by atoms with Gasteiger partial charge in [-0.1, -0.05) is 30.3 Å². The zero-order chi connectivity index (χ0) is 13.0. The lowest BCUT2D eigenvalue weighted by molar-refractivity contribution is 0.580. The molecule has 2 aromatic carbocycles. The number of hydrogen-bond acceptors (Lipinski definition) is 3. The Morgan fingerprint density at radius 3 is 2.22 bits per heavy atom. The topological polar surface area (TPSA) is 63.2 Å². The summed E-state index contributed by atoms with van der Waals surface area (Å²) in [5.74, 6) is 0. The molecule has 4 nitrogen and oxygen atoms in total. The Labute approximate surface area is 107 Å². The third-order valence-electron chi connectivity index (χ3n) is 2.26. The van der Waals surface area contributed by atoms with E-state index in [1.807, 2.05) is 0 Å². The van der Waals surface area contributed by atoms with Crippen LogP contribution in [0, 0.1) is 6.07 Å². The summed E-state index contributed by atoms with van der Waals surface area (Å²) >= 11 is 0. The molecule has 1 unspecified atom stereocenters. The Bertz CT molecular complexity index is 642. The molecule has 0 aliphatic heterocycles. The summed E-state index contributed by atoms with van der Waals surface area (Å²) in [5, 5.41) is 0.457. The first-order valence-corrected chi connectivity index (χ1v) is 8.07. The quantitative estimate of drug-likeness (QED) is 0.865. The first-order valence-electron chi connectivity index (χ1n) is 5.18. The van der Waals surface area contributed by atoms with Crippen LogP contribution in [0.5, 0.6) is 0 Å². The molecule has 2 rings (SSSR count). The SMILES string of the molecule is O=[PH](NS(=O)(=O)c1ccccc1)c1cc[c]cc1. The van der Waals surface area contributed by atoms with Gasteiger partial charge in [0.15, 0.2) is 7.95 Å². The predicted octanol–water partition coefficient (Wildman–Crippen LogP) is 1.57. The van der Waals surface area contributed by atoms with Crippen molar-refractivity contribution < 1.29 is 13.0 Å². The monoisotopic (exact) mass is 280 g/mol. The summed E-state index contributed by atoms with van der Waals surface area (Å²) in [6, 6.07) is 17.0. The lowest BCUT2D eigenvalue weighted by Crippen LogP contribution is -2.20. The van der Waals surface area contributed by atoms with Gasteiger partial charge < -0.3 is 4.57 Å². The lowest BCUT2D eigenvalue weighted by atomic mass is 10.4. The van der Waals surface area contributed by atoms with Gasteiger partial charge in [0.2, 0.25) is 10.0 Å². The smallest absolute Gasteiger partial charge is 0.246 e. The average molecular weight is 280 g/mol. The summed E-state index contributed by atoms with van der Waals surface area (Å²) in [5.41, 5.74) is 0. The first kappa shape index (κ1) is 13.0. The van der Waals surface area contributed by atoms with E-state index >= 15 is 0 Å². The molecule has 1 N–H and O–H groups in total. The van der Waals surface area contributed by atoms with Crippen molar-refractivity contribution in [2.45, 2.75) is 4.90 Å². The summed E-state index contributed by atoms with van der Waals surface area (Å²) in [6.07, 6.45) is 0. The van der Waals surface area contributed by atoms with Crippen molar-refractivity contribution in [3.63, 3.8) is 0 Å². The minimum absolute atomic E-state index is 0.103. The fourth-order valence-corrected chi connectivity index (χ4v) is 4.28. The van der Waals surface area contributed by atoms with Crippen molar-refractivity contribution >= 4 is 23.3 Å². The molecule has 0 aliphatic carbocycles. The maximum atomic E-state index is 11.9. The van der Waals surface area contributed by atoms with Crippen LogP contribution in [-0.2, 0) is 14.6 Å². The van der Waals surface area contributed by atoms with E-state index in [0.29, 0.717) is 5.30 Å². The highest BCUT2D eigenvalue weighted by atomic mass is 32.2. The van der Waals surface area contributed by atoms with Gasteiger partial charge in [0.25, 0.3) is 0 Å². The lowest BCUT2D eigenvalue weighted by Gasteiger charge is -2.06. The van der Waals surface area contributed by atoms with Crippen LogP contribution in [0.4, 0.5) is 0 Å². The molecule has 0 saturated heterocycles. The maximum Gasteiger partial charge on any atom is 0.246 e. The number of nitrogens with one attached hydrogen (secondary N) is 1. The third-order valence-corrected chi connectivity index (χ3v) is 5.83. The highest BCUT2D eigenvalue weighted by Gasteiger charge is 2.16. The van der Waals surface area contributed by atoms with Crippen LogP contribution in [0.3, 0.4) is 0 Å². The van der Waals surface area contributed by atoms with Crippen molar-refractivity contribution in [2.75, 3.05) is 0 Å². The van der Waals surface area contributed by atoms with E-state index in [9.17, 15) is 13.0 Å². The van der Waals surface area contributed by atoms with Gasteiger partial charge in [-0.3, -0.25) is 0 Å². The van der Waals surface area contributed by atoms with Crippen molar-refractivity contribution in [3.8, 4) is 0 Å². The minimum Gasteiger partial charge on any atom is -0.304 e. The van der Waals surface area contributed by atoms with Gasteiger partial charge in [0.05, 0.1) is 4.90 Å². The number of sulfonamides is 1. The molecule has 6 heteroatoms. The molecule has 0 spiro atoms. The Balaban J connectivity index is 2.23. The summed E-state index contributed by atoms with van der Waals surface area (Å²) < 4.78 is 38.0. The van der Waals surface area contributed by atoms with E-state index in [1.165, 1.54) is 12.1 Å². The van der Waals surface area contributed by atoms with Crippen LogP contribution < -0.4 is 9.80 Å². The fraction of sp³-hybridized carbons (Fsp3) is 0. The van der Waals surface area contributed by atoms with Crippen LogP contribution in [0.1, 0.15) is 0 Å². The molecule has 93 valence electrons. The molecular weight excluding hydrogens is 269 g/mol. The minimum atomic E-state index is -3.74. The molecular formula is C12H11NO3PS. The van der Waals surface area contributed by atoms with Gasteiger partial charge in [-0.05, 0) is 30.3 Å². The number of hydrogen-bond donors (Lipinski definition) is 1. The van der Waals surface area contributed by atoms with E-state index in [-0.39, 0.29) is 4.90 Å². The zero-order valence-electron chi connectivity index (χ0n) is 9.33. The molecule has 18 heavy (non-hydrogen) atoms. The van der Waals surface area contributed by atoms with Crippen LogP contribution in [0.25, 0.3) is 0 Å². The summed E-state index contributed by atoms with van der Waals surface area (Å²) in [4.78, 5) is 0.103. The van der Waals surface area contributed by atoms with Gasteiger partial charge in [-0.15, -0.1) is 0 Å². The Morgan fingerprint density at radius 1 is 1.00 bits per heavy atom. The van der Waals surface area contributed by atoms with Crippen LogP contribution in [-0.4, -0.2) is 8.42 Å². The molecule has 0 amide bonds. The van der Waals surface area contributed by atoms with Gasteiger partial charge in [-0.2, -0.15) is 4.49 Å². The van der Waals surface area contributed by atoms with Crippen molar-refractivity contribution in [1.29, 1.82) is 0 Å². The van der Waals surface area contributed by atoms with Crippen molar-refractivity contribution in [2.24, 2.45) is 0 Å². The van der Waals surface area contributed by atoms with Crippen LogP contribution >= 0.6 is 7.95 Å². The van der Waals surface area contributed by atoms with E-state index < -0.39 is 18.0 Å². The second kappa shape index (κ2) is 5.48. The standard InChI is InChI=1S/C12H11NO3PS/c14-17(11-7-3-1-4-8-11)13-18(15,16)12-9-5-2-6-10-12/h2-10,17H,(H,13,14). The first-order chi connectivity index (χ1) is 8.59. The second-order valence-electron chi connectivity index (χ2n) is 3.54. The third kappa shape index (κ3) is 3.07. The molecule has 0 aliphatic rings. The van der Waals surface area contributed by atoms with Gasteiger partial charge in [0.1, 0.15) is 0 Å². The largest absolute Gasteiger partial charge is 0.304 e. The number of benzene rings is 2. The predicted molar refractivity (Wildman–Crippen MR) is 70.7 cm³/mol. The molecule has 0 saturated carbocycles. The fourth-order valence-electron chi connectivity index (χ4n) is 1.38. The van der Waals surface area contributed by atoms with Crippen molar-refractivity contribution in [1.82, 2.24) is 4.49 Å². The normalized spacial score (nSPS) is 13.1. The van der Waals surface area contributed by atoms with E-state index in [0.717, 1.165) is 0 Å². The molecule has 0 bridgehead atoms.